The zero-order valence-electron chi connectivity index (χ0n) is 10.4. The van der Waals surface area contributed by atoms with Gasteiger partial charge in [-0.3, -0.25) is 0 Å². The summed E-state index contributed by atoms with van der Waals surface area (Å²) in [6, 6.07) is 5.16. The molecular weight excluding hydrogens is 234 g/mol. The Morgan fingerprint density at radius 2 is 2.11 bits per heavy atom. The van der Waals surface area contributed by atoms with Gasteiger partial charge in [-0.1, -0.05) is 11.2 Å². The fraction of sp³-hybridized carbons (Fsp3) is 0.231. The topological polar surface area (TPSA) is 72.6 Å². The molecule has 2 rings (SSSR count). The van der Waals surface area contributed by atoms with Gasteiger partial charge in [0.25, 0.3) is 0 Å². The van der Waals surface area contributed by atoms with Gasteiger partial charge in [0.2, 0.25) is 5.76 Å². The molecule has 5 nitrogen and oxygen atoms in total. The summed E-state index contributed by atoms with van der Waals surface area (Å²) in [5.41, 5.74) is 3.28. The third-order valence-corrected chi connectivity index (χ3v) is 2.89. The molecule has 2 aromatic rings. The molecule has 0 aliphatic carbocycles. The number of rotatable bonds is 3. The maximum Gasteiger partial charge on any atom is 0.374 e. The quantitative estimate of drug-likeness (QED) is 0.902. The van der Waals surface area contributed by atoms with E-state index in [1.54, 1.807) is 7.11 Å². The molecule has 0 bridgehead atoms. The SMILES string of the molecule is COc1ccc(C)c(C)c1-c1cc(C(=O)O)on1. The molecule has 0 atom stereocenters. The summed E-state index contributed by atoms with van der Waals surface area (Å²) in [7, 11) is 1.56. The highest BCUT2D eigenvalue weighted by atomic mass is 16.5. The van der Waals surface area contributed by atoms with E-state index in [1.165, 1.54) is 6.07 Å². The second-order valence-corrected chi connectivity index (χ2v) is 3.97. The van der Waals surface area contributed by atoms with E-state index < -0.39 is 5.97 Å². The lowest BCUT2D eigenvalue weighted by Gasteiger charge is -2.11. The summed E-state index contributed by atoms with van der Waals surface area (Å²) in [4.78, 5) is 10.8. The van der Waals surface area contributed by atoms with E-state index in [2.05, 4.69) is 5.16 Å². The van der Waals surface area contributed by atoms with Crippen LogP contribution in [0.1, 0.15) is 21.7 Å². The fourth-order valence-corrected chi connectivity index (χ4v) is 1.77. The van der Waals surface area contributed by atoms with Crippen molar-refractivity contribution in [2.45, 2.75) is 13.8 Å². The minimum atomic E-state index is -1.14. The zero-order chi connectivity index (χ0) is 13.3. The van der Waals surface area contributed by atoms with Crippen molar-refractivity contribution in [3.63, 3.8) is 0 Å². The van der Waals surface area contributed by atoms with Crippen molar-refractivity contribution >= 4 is 5.97 Å². The van der Waals surface area contributed by atoms with Crippen LogP contribution < -0.4 is 4.74 Å². The third-order valence-electron chi connectivity index (χ3n) is 2.89. The summed E-state index contributed by atoms with van der Waals surface area (Å²) in [5, 5.41) is 12.6. The van der Waals surface area contributed by atoms with Crippen LogP contribution in [-0.4, -0.2) is 23.3 Å². The van der Waals surface area contributed by atoms with Gasteiger partial charge in [-0.25, -0.2) is 4.79 Å². The number of carboxylic acid groups (broad SMARTS) is 1. The van der Waals surface area contributed by atoms with E-state index in [0.717, 1.165) is 16.7 Å². The number of ether oxygens (including phenoxy) is 1. The molecule has 0 unspecified atom stereocenters. The maximum atomic E-state index is 10.8. The minimum Gasteiger partial charge on any atom is -0.496 e. The summed E-state index contributed by atoms with van der Waals surface area (Å²) >= 11 is 0. The molecule has 0 saturated carbocycles. The number of aromatic nitrogens is 1. The summed E-state index contributed by atoms with van der Waals surface area (Å²) in [5.74, 6) is -0.686. The van der Waals surface area contributed by atoms with Crippen LogP contribution in [0.5, 0.6) is 5.75 Å². The largest absolute Gasteiger partial charge is 0.496 e. The number of hydrogen-bond acceptors (Lipinski definition) is 4. The van der Waals surface area contributed by atoms with Crippen LogP contribution in [0.25, 0.3) is 11.3 Å². The van der Waals surface area contributed by atoms with Gasteiger partial charge < -0.3 is 14.4 Å². The molecule has 0 aliphatic rings. The predicted molar refractivity (Wildman–Crippen MR) is 64.9 cm³/mol. The number of hydrogen-bond donors (Lipinski definition) is 1. The van der Waals surface area contributed by atoms with Crippen LogP contribution in [0, 0.1) is 13.8 Å². The molecule has 1 N–H and O–H groups in total. The Hall–Kier alpha value is -2.30. The highest BCUT2D eigenvalue weighted by molar-refractivity contribution is 5.86. The van der Waals surface area contributed by atoms with E-state index in [9.17, 15) is 4.79 Å². The number of benzene rings is 1. The molecule has 0 radical (unpaired) electrons. The average Bonchev–Trinajstić information content (AvgIpc) is 2.81. The molecule has 1 aromatic carbocycles. The van der Waals surface area contributed by atoms with Crippen LogP contribution in [0.2, 0.25) is 0 Å². The smallest absolute Gasteiger partial charge is 0.374 e. The molecule has 0 spiro atoms. The molecule has 1 heterocycles. The Morgan fingerprint density at radius 1 is 1.39 bits per heavy atom. The standard InChI is InChI=1S/C13H13NO4/c1-7-4-5-10(17-3)12(8(7)2)9-6-11(13(15)16)18-14-9/h4-6H,1-3H3,(H,15,16). The van der Waals surface area contributed by atoms with Crippen LogP contribution in [-0.2, 0) is 0 Å². The van der Waals surface area contributed by atoms with Gasteiger partial charge in [-0.2, -0.15) is 0 Å². The van der Waals surface area contributed by atoms with E-state index in [4.69, 9.17) is 14.4 Å². The van der Waals surface area contributed by atoms with Gasteiger partial charge in [0.15, 0.2) is 0 Å². The molecule has 1 aromatic heterocycles. The Bertz CT molecular complexity index is 601. The number of carbonyl (C=O) groups is 1. The number of aromatic carboxylic acids is 1. The predicted octanol–water partition coefficient (Wildman–Crippen LogP) is 2.67. The lowest BCUT2D eigenvalue weighted by Crippen LogP contribution is -1.94. The summed E-state index contributed by atoms with van der Waals surface area (Å²) < 4.78 is 10.0. The van der Waals surface area contributed by atoms with Gasteiger partial charge >= 0.3 is 5.97 Å². The van der Waals surface area contributed by atoms with Gasteiger partial charge in [0, 0.05) is 11.6 Å². The van der Waals surface area contributed by atoms with Crippen LogP contribution >= 0.6 is 0 Å². The first-order valence-corrected chi connectivity index (χ1v) is 5.39. The van der Waals surface area contributed by atoms with Gasteiger partial charge in [0.1, 0.15) is 11.4 Å². The normalized spacial score (nSPS) is 10.4. The van der Waals surface area contributed by atoms with E-state index in [0.29, 0.717) is 11.4 Å². The molecule has 0 aliphatic heterocycles. The Labute approximate surface area is 104 Å². The van der Waals surface area contributed by atoms with E-state index in [-0.39, 0.29) is 5.76 Å². The zero-order valence-corrected chi connectivity index (χ0v) is 10.4. The first kappa shape index (κ1) is 12.2. The lowest BCUT2D eigenvalue weighted by molar-refractivity contribution is 0.0652. The van der Waals surface area contributed by atoms with Crippen LogP contribution in [0.3, 0.4) is 0 Å². The molecule has 5 heteroatoms. The van der Waals surface area contributed by atoms with Crippen molar-refractivity contribution in [3.05, 3.63) is 35.1 Å². The fourth-order valence-electron chi connectivity index (χ4n) is 1.77. The average molecular weight is 247 g/mol. The van der Waals surface area contributed by atoms with Gasteiger partial charge in [0.05, 0.1) is 7.11 Å². The number of nitrogens with zero attached hydrogens (tertiary/aromatic N) is 1. The van der Waals surface area contributed by atoms with Crippen molar-refractivity contribution in [2.75, 3.05) is 7.11 Å². The van der Waals surface area contributed by atoms with Crippen LogP contribution in [0.15, 0.2) is 22.7 Å². The monoisotopic (exact) mass is 247 g/mol. The van der Waals surface area contributed by atoms with E-state index in [1.807, 2.05) is 26.0 Å². The summed E-state index contributed by atoms with van der Waals surface area (Å²) in [6.07, 6.45) is 0. The maximum absolute atomic E-state index is 10.8. The lowest BCUT2D eigenvalue weighted by atomic mass is 9.99. The third kappa shape index (κ3) is 1.95. The Balaban J connectivity index is 2.61. The first-order chi connectivity index (χ1) is 8.54. The summed E-state index contributed by atoms with van der Waals surface area (Å²) in [6.45, 7) is 3.90. The van der Waals surface area contributed by atoms with Crippen molar-refractivity contribution in [1.29, 1.82) is 0 Å². The van der Waals surface area contributed by atoms with Crippen LogP contribution in [0.4, 0.5) is 0 Å². The molecule has 94 valence electrons. The molecule has 0 fully saturated rings. The van der Waals surface area contributed by atoms with Crippen molar-refractivity contribution in [1.82, 2.24) is 5.16 Å². The minimum absolute atomic E-state index is 0.187. The molecule has 0 saturated heterocycles. The number of aryl methyl sites for hydroxylation is 1. The Morgan fingerprint density at radius 3 is 2.67 bits per heavy atom. The number of methoxy groups -OCH3 is 1. The van der Waals surface area contributed by atoms with Crippen molar-refractivity contribution in [3.8, 4) is 17.0 Å². The van der Waals surface area contributed by atoms with E-state index >= 15 is 0 Å². The second kappa shape index (κ2) is 4.52. The molecular formula is C13H13NO4. The highest BCUT2D eigenvalue weighted by Crippen LogP contribution is 2.34. The second-order valence-electron chi connectivity index (χ2n) is 3.97. The van der Waals surface area contributed by atoms with Gasteiger partial charge in [-0.05, 0) is 31.0 Å². The highest BCUT2D eigenvalue weighted by Gasteiger charge is 2.18. The van der Waals surface area contributed by atoms with Gasteiger partial charge in [-0.15, -0.1) is 0 Å². The van der Waals surface area contributed by atoms with Crippen molar-refractivity contribution < 1.29 is 19.2 Å². The molecule has 0 amide bonds. The Kier molecular flexibility index (Phi) is 3.06. The van der Waals surface area contributed by atoms with Crippen molar-refractivity contribution in [2.24, 2.45) is 0 Å². The molecule has 18 heavy (non-hydrogen) atoms. The number of carboxylic acids is 1. The first-order valence-electron chi connectivity index (χ1n) is 5.39.